The van der Waals surface area contributed by atoms with Crippen LogP contribution >= 0.6 is 0 Å². The van der Waals surface area contributed by atoms with Crippen LogP contribution < -0.4 is 5.73 Å². The van der Waals surface area contributed by atoms with Crippen molar-refractivity contribution in [2.24, 2.45) is 0 Å². The zero-order chi connectivity index (χ0) is 11.8. The van der Waals surface area contributed by atoms with E-state index in [4.69, 9.17) is 5.73 Å². The number of aryl methyl sites for hydroxylation is 1. The molecule has 0 bridgehead atoms. The molecule has 0 spiro atoms. The molecule has 2 N–H and O–H groups in total. The summed E-state index contributed by atoms with van der Waals surface area (Å²) in [6, 6.07) is 11.6. The molecule has 0 fully saturated rings. The molecule has 0 aliphatic rings. The number of pyridine rings is 1. The highest BCUT2D eigenvalue weighted by atomic mass is 15.1. The lowest BCUT2D eigenvalue weighted by molar-refractivity contribution is 0.960. The van der Waals surface area contributed by atoms with Gasteiger partial charge in [-0.05, 0) is 31.2 Å². The molecule has 0 unspecified atom stereocenters. The van der Waals surface area contributed by atoms with E-state index in [0.29, 0.717) is 5.69 Å². The third-order valence-corrected chi connectivity index (χ3v) is 2.76. The van der Waals surface area contributed by atoms with Crippen molar-refractivity contribution >= 4 is 16.7 Å². The largest absolute Gasteiger partial charge is 0.396 e. The summed E-state index contributed by atoms with van der Waals surface area (Å²) in [5, 5.41) is 0. The molecular formula is C13H12N4. The van der Waals surface area contributed by atoms with Gasteiger partial charge in [0, 0.05) is 6.20 Å². The maximum absolute atomic E-state index is 5.96. The molecule has 84 valence electrons. The Morgan fingerprint density at radius 1 is 1.12 bits per heavy atom. The van der Waals surface area contributed by atoms with Gasteiger partial charge in [-0.2, -0.15) is 0 Å². The quantitative estimate of drug-likeness (QED) is 0.690. The number of nitrogen functional groups attached to an aromatic ring is 1. The Morgan fingerprint density at radius 3 is 2.76 bits per heavy atom. The maximum atomic E-state index is 5.96. The topological polar surface area (TPSA) is 56.7 Å². The van der Waals surface area contributed by atoms with Crippen LogP contribution in [0.5, 0.6) is 0 Å². The first-order valence-corrected chi connectivity index (χ1v) is 5.42. The Kier molecular flexibility index (Phi) is 2.08. The second-order valence-electron chi connectivity index (χ2n) is 3.90. The predicted molar refractivity (Wildman–Crippen MR) is 68.0 cm³/mol. The molecule has 2 aromatic heterocycles. The fourth-order valence-electron chi connectivity index (χ4n) is 2.01. The highest BCUT2D eigenvalue weighted by Gasteiger charge is 2.11. The predicted octanol–water partition coefficient (Wildman–Crippen LogP) is 2.31. The second kappa shape index (κ2) is 3.59. The molecule has 0 aliphatic carbocycles. The van der Waals surface area contributed by atoms with Gasteiger partial charge in [-0.15, -0.1) is 0 Å². The Bertz CT molecular complexity index is 685. The third kappa shape index (κ3) is 1.45. The molecule has 17 heavy (non-hydrogen) atoms. The number of benzene rings is 1. The number of hydrogen-bond donors (Lipinski definition) is 1. The highest BCUT2D eigenvalue weighted by Crippen LogP contribution is 2.22. The smallest absolute Gasteiger partial charge is 0.161 e. The average Bonchev–Trinajstić information content (AvgIpc) is 2.66. The second-order valence-corrected chi connectivity index (χ2v) is 3.90. The van der Waals surface area contributed by atoms with Gasteiger partial charge in [-0.3, -0.25) is 4.57 Å². The number of para-hydroxylation sites is 2. The van der Waals surface area contributed by atoms with E-state index in [-0.39, 0.29) is 0 Å². The summed E-state index contributed by atoms with van der Waals surface area (Å²) in [5.41, 5.74) is 8.59. The van der Waals surface area contributed by atoms with Gasteiger partial charge in [0.2, 0.25) is 0 Å². The van der Waals surface area contributed by atoms with Crippen molar-refractivity contribution in [2.45, 2.75) is 6.92 Å². The van der Waals surface area contributed by atoms with Crippen LogP contribution in [-0.2, 0) is 0 Å². The van der Waals surface area contributed by atoms with Gasteiger partial charge in [0.25, 0.3) is 0 Å². The van der Waals surface area contributed by atoms with Crippen LogP contribution in [0.15, 0.2) is 42.6 Å². The van der Waals surface area contributed by atoms with E-state index in [1.807, 2.05) is 47.9 Å². The van der Waals surface area contributed by atoms with Gasteiger partial charge in [-0.1, -0.05) is 12.1 Å². The maximum Gasteiger partial charge on any atom is 0.161 e. The molecule has 4 nitrogen and oxygen atoms in total. The van der Waals surface area contributed by atoms with Crippen molar-refractivity contribution in [3.05, 3.63) is 48.4 Å². The Morgan fingerprint density at radius 2 is 1.94 bits per heavy atom. The number of fused-ring (bicyclic) bond motifs is 1. The summed E-state index contributed by atoms with van der Waals surface area (Å²) < 4.78 is 1.98. The van der Waals surface area contributed by atoms with Gasteiger partial charge in [-0.25, -0.2) is 9.97 Å². The molecule has 0 saturated carbocycles. The Labute approximate surface area is 98.7 Å². The summed E-state index contributed by atoms with van der Waals surface area (Å²) in [7, 11) is 0. The zero-order valence-corrected chi connectivity index (χ0v) is 9.46. The summed E-state index contributed by atoms with van der Waals surface area (Å²) in [5.74, 6) is 1.62. The molecule has 3 rings (SSSR count). The van der Waals surface area contributed by atoms with Crippen LogP contribution in [0.2, 0.25) is 0 Å². The van der Waals surface area contributed by atoms with E-state index in [9.17, 15) is 0 Å². The van der Waals surface area contributed by atoms with Crippen molar-refractivity contribution in [3.63, 3.8) is 0 Å². The molecular weight excluding hydrogens is 212 g/mol. The molecule has 0 aliphatic heterocycles. The summed E-state index contributed by atoms with van der Waals surface area (Å²) in [6.07, 6.45) is 1.74. The Hall–Kier alpha value is -2.36. The van der Waals surface area contributed by atoms with Crippen LogP contribution in [0.25, 0.3) is 16.9 Å². The normalized spacial score (nSPS) is 10.9. The minimum absolute atomic E-state index is 0.652. The summed E-state index contributed by atoms with van der Waals surface area (Å²) in [6.45, 7) is 1.95. The van der Waals surface area contributed by atoms with E-state index >= 15 is 0 Å². The molecule has 2 heterocycles. The van der Waals surface area contributed by atoms with Crippen LogP contribution in [0.4, 0.5) is 5.69 Å². The molecule has 4 heteroatoms. The molecule has 3 aromatic rings. The van der Waals surface area contributed by atoms with Gasteiger partial charge >= 0.3 is 0 Å². The van der Waals surface area contributed by atoms with Crippen LogP contribution in [0, 0.1) is 6.92 Å². The number of rotatable bonds is 1. The van der Waals surface area contributed by atoms with Crippen molar-refractivity contribution in [3.8, 4) is 5.82 Å². The van der Waals surface area contributed by atoms with Crippen molar-refractivity contribution in [1.29, 1.82) is 0 Å². The number of nitrogens with zero attached hydrogens (tertiary/aromatic N) is 3. The van der Waals surface area contributed by atoms with Gasteiger partial charge in [0.1, 0.15) is 5.82 Å². The SMILES string of the molecule is Cc1nc2ccccc2n1-c1ncccc1N. The van der Waals surface area contributed by atoms with Crippen LogP contribution in [0.1, 0.15) is 5.82 Å². The number of imidazole rings is 1. The number of nitrogens with two attached hydrogens (primary N) is 1. The fraction of sp³-hybridized carbons (Fsp3) is 0.0769. The van der Waals surface area contributed by atoms with Gasteiger partial charge in [0.05, 0.1) is 16.7 Å². The van der Waals surface area contributed by atoms with E-state index in [2.05, 4.69) is 9.97 Å². The minimum Gasteiger partial charge on any atom is -0.396 e. The monoisotopic (exact) mass is 224 g/mol. The van der Waals surface area contributed by atoms with Gasteiger partial charge < -0.3 is 5.73 Å². The lowest BCUT2D eigenvalue weighted by Crippen LogP contribution is -2.03. The Balaban J connectivity index is 2.38. The fourth-order valence-corrected chi connectivity index (χ4v) is 2.01. The standard InChI is InChI=1S/C13H12N4/c1-9-16-11-6-2-3-7-12(11)17(9)13-10(14)5-4-8-15-13/h2-8H,14H2,1H3. The van der Waals surface area contributed by atoms with E-state index < -0.39 is 0 Å². The zero-order valence-electron chi connectivity index (χ0n) is 9.46. The number of anilines is 1. The van der Waals surface area contributed by atoms with Crippen molar-refractivity contribution < 1.29 is 0 Å². The third-order valence-electron chi connectivity index (χ3n) is 2.76. The first-order valence-electron chi connectivity index (χ1n) is 5.42. The number of hydrogen-bond acceptors (Lipinski definition) is 3. The van der Waals surface area contributed by atoms with Crippen LogP contribution in [0.3, 0.4) is 0 Å². The summed E-state index contributed by atoms with van der Waals surface area (Å²) in [4.78, 5) is 8.83. The van der Waals surface area contributed by atoms with Crippen LogP contribution in [-0.4, -0.2) is 14.5 Å². The average molecular weight is 224 g/mol. The first kappa shape index (κ1) is 9.84. The van der Waals surface area contributed by atoms with E-state index in [1.54, 1.807) is 6.20 Å². The van der Waals surface area contributed by atoms with Gasteiger partial charge in [0.15, 0.2) is 5.82 Å². The minimum atomic E-state index is 0.652. The van der Waals surface area contributed by atoms with Crippen molar-refractivity contribution in [1.82, 2.24) is 14.5 Å². The molecule has 0 radical (unpaired) electrons. The lowest BCUT2D eigenvalue weighted by atomic mass is 10.3. The molecule has 0 amide bonds. The summed E-state index contributed by atoms with van der Waals surface area (Å²) >= 11 is 0. The lowest BCUT2D eigenvalue weighted by Gasteiger charge is -2.07. The first-order chi connectivity index (χ1) is 8.27. The van der Waals surface area contributed by atoms with E-state index in [1.165, 1.54) is 0 Å². The molecule has 0 atom stereocenters. The highest BCUT2D eigenvalue weighted by molar-refractivity contribution is 5.79. The molecule has 1 aromatic carbocycles. The van der Waals surface area contributed by atoms with Crippen molar-refractivity contribution in [2.75, 3.05) is 5.73 Å². The van der Waals surface area contributed by atoms with E-state index in [0.717, 1.165) is 22.7 Å². The number of aromatic nitrogens is 3. The molecule has 0 saturated heterocycles.